The van der Waals surface area contributed by atoms with Crippen LogP contribution in [0.3, 0.4) is 0 Å². The molecule has 0 spiro atoms. The van der Waals surface area contributed by atoms with Crippen molar-refractivity contribution in [2.45, 2.75) is 330 Å². The summed E-state index contributed by atoms with van der Waals surface area (Å²) in [5.74, 6) is 0.868. The van der Waals surface area contributed by atoms with E-state index in [9.17, 15) is 14.4 Å². The van der Waals surface area contributed by atoms with Crippen LogP contribution in [-0.4, -0.2) is 37.2 Å². The average molecular weight is 906 g/mol. The van der Waals surface area contributed by atoms with E-state index < -0.39 is 6.10 Å². The zero-order valence-electron chi connectivity index (χ0n) is 43.9. The highest BCUT2D eigenvalue weighted by atomic mass is 16.6. The van der Waals surface area contributed by atoms with E-state index in [1.54, 1.807) is 0 Å². The van der Waals surface area contributed by atoms with Gasteiger partial charge in [0.15, 0.2) is 6.10 Å². The Labute approximate surface area is 399 Å². The molecule has 0 aromatic carbocycles. The molecule has 0 N–H and O–H groups in total. The number of ether oxygens (including phenoxy) is 3. The molecule has 6 nitrogen and oxygen atoms in total. The Bertz CT molecular complexity index is 980. The van der Waals surface area contributed by atoms with Crippen LogP contribution in [0.4, 0.5) is 0 Å². The Morgan fingerprint density at radius 3 is 0.891 bits per heavy atom. The molecule has 0 aliphatic rings. The molecule has 0 aliphatic carbocycles. The van der Waals surface area contributed by atoms with Crippen LogP contribution in [-0.2, 0) is 28.6 Å². The molecule has 0 saturated carbocycles. The van der Waals surface area contributed by atoms with E-state index >= 15 is 0 Å². The lowest BCUT2D eigenvalue weighted by Gasteiger charge is -2.18. The SMILES string of the molecule is CCCCCCCCCCCCCCCCCCC(=O)OC[C@@H](COC(=O)CCCCCCCCCCCCC(C)CC)OC(=O)CCCCCCCCCCCCCCCC(C)C. The Hall–Kier alpha value is -1.59. The predicted octanol–water partition coefficient (Wildman–Crippen LogP) is 18.9. The van der Waals surface area contributed by atoms with E-state index in [-0.39, 0.29) is 31.1 Å². The second-order valence-electron chi connectivity index (χ2n) is 20.6. The summed E-state index contributed by atoms with van der Waals surface area (Å²) in [6, 6.07) is 0. The maximum absolute atomic E-state index is 12.8. The van der Waals surface area contributed by atoms with Crippen LogP contribution in [0.1, 0.15) is 324 Å². The normalized spacial score (nSPS) is 12.5. The van der Waals surface area contributed by atoms with Gasteiger partial charge in [0, 0.05) is 19.3 Å². The van der Waals surface area contributed by atoms with Crippen molar-refractivity contribution in [1.29, 1.82) is 0 Å². The van der Waals surface area contributed by atoms with Crippen LogP contribution in [0.2, 0.25) is 0 Å². The molecule has 64 heavy (non-hydrogen) atoms. The molecule has 0 aliphatic heterocycles. The lowest BCUT2D eigenvalue weighted by molar-refractivity contribution is -0.167. The minimum absolute atomic E-state index is 0.0628. The third kappa shape index (κ3) is 49.8. The molecule has 1 unspecified atom stereocenters. The predicted molar refractivity (Wildman–Crippen MR) is 275 cm³/mol. The van der Waals surface area contributed by atoms with Gasteiger partial charge in [0.1, 0.15) is 13.2 Å². The number of hydrogen-bond donors (Lipinski definition) is 0. The summed E-state index contributed by atoms with van der Waals surface area (Å²) >= 11 is 0. The highest BCUT2D eigenvalue weighted by Gasteiger charge is 2.19. The van der Waals surface area contributed by atoms with E-state index in [2.05, 4.69) is 34.6 Å². The van der Waals surface area contributed by atoms with Gasteiger partial charge >= 0.3 is 17.9 Å². The monoisotopic (exact) mass is 905 g/mol. The van der Waals surface area contributed by atoms with Crippen molar-refractivity contribution in [3.8, 4) is 0 Å². The summed E-state index contributed by atoms with van der Waals surface area (Å²) in [5.41, 5.74) is 0. The summed E-state index contributed by atoms with van der Waals surface area (Å²) in [6.07, 6.45) is 53.7. The van der Waals surface area contributed by atoms with Crippen molar-refractivity contribution >= 4 is 17.9 Å². The fraction of sp³-hybridized carbons (Fsp3) is 0.948. The van der Waals surface area contributed by atoms with Crippen molar-refractivity contribution in [2.75, 3.05) is 13.2 Å². The third-order valence-electron chi connectivity index (χ3n) is 13.6. The first-order chi connectivity index (χ1) is 31.3. The number of carbonyl (C=O) groups is 3. The fourth-order valence-corrected chi connectivity index (χ4v) is 8.84. The van der Waals surface area contributed by atoms with Crippen molar-refractivity contribution in [1.82, 2.24) is 0 Å². The molecule has 380 valence electrons. The lowest BCUT2D eigenvalue weighted by Crippen LogP contribution is -2.30. The first-order valence-electron chi connectivity index (χ1n) is 28.8. The number of carbonyl (C=O) groups excluding carboxylic acids is 3. The van der Waals surface area contributed by atoms with Gasteiger partial charge in [0.2, 0.25) is 0 Å². The zero-order chi connectivity index (χ0) is 46.8. The molecule has 0 saturated heterocycles. The van der Waals surface area contributed by atoms with Gasteiger partial charge in [-0.1, -0.05) is 285 Å². The van der Waals surface area contributed by atoms with Crippen molar-refractivity contribution < 1.29 is 28.6 Å². The molecule has 0 aromatic heterocycles. The van der Waals surface area contributed by atoms with Crippen LogP contribution in [0, 0.1) is 11.8 Å². The van der Waals surface area contributed by atoms with E-state index in [1.165, 1.54) is 212 Å². The molecule has 0 fully saturated rings. The quantitative estimate of drug-likeness (QED) is 0.0344. The highest BCUT2D eigenvalue weighted by molar-refractivity contribution is 5.71. The van der Waals surface area contributed by atoms with Gasteiger partial charge in [0.05, 0.1) is 0 Å². The van der Waals surface area contributed by atoms with Gasteiger partial charge in [-0.15, -0.1) is 0 Å². The van der Waals surface area contributed by atoms with Crippen LogP contribution < -0.4 is 0 Å². The fourth-order valence-electron chi connectivity index (χ4n) is 8.84. The van der Waals surface area contributed by atoms with Gasteiger partial charge in [-0.05, 0) is 31.1 Å². The van der Waals surface area contributed by atoms with Crippen LogP contribution in [0.25, 0.3) is 0 Å². The van der Waals surface area contributed by atoms with E-state index in [4.69, 9.17) is 14.2 Å². The first-order valence-corrected chi connectivity index (χ1v) is 28.8. The molecular weight excluding hydrogens is 793 g/mol. The Morgan fingerprint density at radius 1 is 0.328 bits per heavy atom. The van der Waals surface area contributed by atoms with Crippen LogP contribution >= 0.6 is 0 Å². The number of hydrogen-bond acceptors (Lipinski definition) is 6. The minimum Gasteiger partial charge on any atom is -0.462 e. The van der Waals surface area contributed by atoms with Gasteiger partial charge in [0.25, 0.3) is 0 Å². The van der Waals surface area contributed by atoms with E-state index in [0.29, 0.717) is 19.3 Å². The molecule has 0 bridgehead atoms. The third-order valence-corrected chi connectivity index (χ3v) is 13.6. The Balaban J connectivity index is 4.31. The number of unbranched alkanes of at least 4 members (excludes halogenated alkanes) is 36. The lowest BCUT2D eigenvalue weighted by atomic mass is 9.99. The molecule has 2 atom stereocenters. The zero-order valence-corrected chi connectivity index (χ0v) is 43.9. The van der Waals surface area contributed by atoms with E-state index in [0.717, 1.165) is 69.6 Å². The minimum atomic E-state index is -0.763. The molecule has 0 radical (unpaired) electrons. The number of rotatable bonds is 52. The molecule has 0 heterocycles. The first kappa shape index (κ1) is 62.4. The second kappa shape index (κ2) is 50.8. The molecule has 0 amide bonds. The highest BCUT2D eigenvalue weighted by Crippen LogP contribution is 2.18. The maximum Gasteiger partial charge on any atom is 0.306 e. The Kier molecular flexibility index (Phi) is 49.6. The van der Waals surface area contributed by atoms with Gasteiger partial charge in [-0.3, -0.25) is 14.4 Å². The van der Waals surface area contributed by atoms with E-state index in [1.807, 2.05) is 0 Å². The summed E-state index contributed by atoms with van der Waals surface area (Å²) in [7, 11) is 0. The summed E-state index contributed by atoms with van der Waals surface area (Å²) in [4.78, 5) is 38.1. The topological polar surface area (TPSA) is 78.9 Å². The van der Waals surface area contributed by atoms with Crippen LogP contribution in [0.15, 0.2) is 0 Å². The largest absolute Gasteiger partial charge is 0.462 e. The van der Waals surface area contributed by atoms with Gasteiger partial charge in [-0.25, -0.2) is 0 Å². The molecule has 6 heteroatoms. The van der Waals surface area contributed by atoms with Gasteiger partial charge < -0.3 is 14.2 Å². The summed E-state index contributed by atoms with van der Waals surface area (Å²) in [6.45, 7) is 11.4. The van der Waals surface area contributed by atoms with Crippen LogP contribution in [0.5, 0.6) is 0 Å². The standard InChI is InChI=1S/C58H112O6/c1-6-8-9-10-11-12-13-14-15-16-19-22-28-33-38-43-48-56(59)62-51-55(52-63-57(60)49-44-39-34-29-25-24-27-32-37-42-47-54(5)7-2)64-58(61)50-45-40-35-30-23-20-17-18-21-26-31-36-41-46-53(3)4/h53-55H,6-52H2,1-5H3/t54?,55-/m0/s1. The average Bonchev–Trinajstić information content (AvgIpc) is 3.28. The Morgan fingerprint density at radius 2 is 0.594 bits per heavy atom. The number of esters is 3. The van der Waals surface area contributed by atoms with Crippen molar-refractivity contribution in [3.63, 3.8) is 0 Å². The molecule has 0 rings (SSSR count). The maximum atomic E-state index is 12.8. The van der Waals surface area contributed by atoms with Gasteiger partial charge in [-0.2, -0.15) is 0 Å². The molecule has 0 aromatic rings. The molecular formula is C58H112O6. The van der Waals surface area contributed by atoms with Crippen molar-refractivity contribution in [3.05, 3.63) is 0 Å². The summed E-state index contributed by atoms with van der Waals surface area (Å²) < 4.78 is 16.9. The summed E-state index contributed by atoms with van der Waals surface area (Å²) in [5, 5.41) is 0. The second-order valence-corrected chi connectivity index (χ2v) is 20.6. The smallest absolute Gasteiger partial charge is 0.306 e. The van der Waals surface area contributed by atoms with Crippen molar-refractivity contribution in [2.24, 2.45) is 11.8 Å².